The number of para-hydroxylation sites is 2. The maximum absolute atomic E-state index is 13.1. The monoisotopic (exact) mass is 367 g/mol. The number of amides is 1. The predicted octanol–water partition coefficient (Wildman–Crippen LogP) is 4.10. The van der Waals surface area contributed by atoms with Crippen LogP contribution in [0.2, 0.25) is 5.02 Å². The maximum atomic E-state index is 13.1. The molecule has 3 aromatic rings. The number of aromatic nitrogens is 1. The largest absolute Gasteiger partial charge is 0.378 e. The van der Waals surface area contributed by atoms with Crippen molar-refractivity contribution in [2.75, 3.05) is 31.6 Å². The van der Waals surface area contributed by atoms with E-state index in [1.165, 1.54) is 0 Å². The Morgan fingerprint density at radius 3 is 2.62 bits per heavy atom. The molecule has 2 heterocycles. The van der Waals surface area contributed by atoms with Crippen LogP contribution in [0.15, 0.2) is 54.7 Å². The Balaban J connectivity index is 1.81. The van der Waals surface area contributed by atoms with Gasteiger partial charge in [-0.25, -0.2) is 0 Å². The number of carbonyl (C=O) groups excluding carboxylic acids is 1. The molecule has 6 heteroatoms. The summed E-state index contributed by atoms with van der Waals surface area (Å²) in [5.41, 5.74) is 2.83. The number of nitrogens with one attached hydrogen (secondary N) is 1. The molecule has 1 saturated heterocycles. The van der Waals surface area contributed by atoms with Crippen LogP contribution in [-0.2, 0) is 4.74 Å². The normalized spacial score (nSPS) is 14.4. The van der Waals surface area contributed by atoms with E-state index in [1.54, 1.807) is 11.1 Å². The van der Waals surface area contributed by atoms with Gasteiger partial charge in [0.1, 0.15) is 0 Å². The smallest absolute Gasteiger partial charge is 0.257 e. The van der Waals surface area contributed by atoms with Crippen LogP contribution in [0.4, 0.5) is 11.4 Å². The fraction of sp³-hybridized carbons (Fsp3) is 0.200. The average Bonchev–Trinajstić information content (AvgIpc) is 2.70. The second-order valence-corrected chi connectivity index (χ2v) is 6.48. The molecule has 2 aromatic carbocycles. The summed E-state index contributed by atoms with van der Waals surface area (Å²) in [4.78, 5) is 19.4. The summed E-state index contributed by atoms with van der Waals surface area (Å²) in [5, 5.41) is 4.83. The van der Waals surface area contributed by atoms with E-state index in [-0.39, 0.29) is 5.91 Å². The molecule has 1 aliphatic heterocycles. The van der Waals surface area contributed by atoms with Crippen molar-refractivity contribution in [2.45, 2.75) is 0 Å². The van der Waals surface area contributed by atoms with E-state index in [9.17, 15) is 4.79 Å². The van der Waals surface area contributed by atoms with Gasteiger partial charge in [-0.3, -0.25) is 9.78 Å². The minimum absolute atomic E-state index is 0.0545. The minimum Gasteiger partial charge on any atom is -0.378 e. The van der Waals surface area contributed by atoms with Crippen molar-refractivity contribution in [1.82, 2.24) is 9.88 Å². The van der Waals surface area contributed by atoms with Crippen LogP contribution in [0.25, 0.3) is 10.9 Å². The van der Waals surface area contributed by atoms with Gasteiger partial charge in [0.05, 0.1) is 40.7 Å². The molecular weight excluding hydrogens is 350 g/mol. The fourth-order valence-corrected chi connectivity index (χ4v) is 3.26. The Labute approximate surface area is 156 Å². The van der Waals surface area contributed by atoms with E-state index >= 15 is 0 Å². The van der Waals surface area contributed by atoms with E-state index in [0.29, 0.717) is 36.9 Å². The van der Waals surface area contributed by atoms with Crippen LogP contribution >= 0.6 is 11.6 Å². The first kappa shape index (κ1) is 16.8. The first-order chi connectivity index (χ1) is 12.7. The van der Waals surface area contributed by atoms with Crippen molar-refractivity contribution >= 4 is 39.8 Å². The number of ether oxygens (including phenoxy) is 1. The summed E-state index contributed by atoms with van der Waals surface area (Å²) in [6, 6.07) is 15.2. The Hall–Kier alpha value is -2.63. The summed E-state index contributed by atoms with van der Waals surface area (Å²) in [5.74, 6) is -0.0545. The zero-order valence-electron chi connectivity index (χ0n) is 14.1. The summed E-state index contributed by atoms with van der Waals surface area (Å²) < 4.78 is 5.36. The molecule has 132 valence electrons. The Morgan fingerprint density at radius 1 is 1.08 bits per heavy atom. The van der Waals surface area contributed by atoms with E-state index in [0.717, 1.165) is 22.3 Å². The van der Waals surface area contributed by atoms with Crippen LogP contribution in [0, 0.1) is 0 Å². The van der Waals surface area contributed by atoms with Gasteiger partial charge in [-0.05, 0) is 18.2 Å². The van der Waals surface area contributed by atoms with Crippen LogP contribution in [0.3, 0.4) is 0 Å². The Kier molecular flexibility index (Phi) is 4.73. The molecule has 1 fully saturated rings. The lowest BCUT2D eigenvalue weighted by atomic mass is 10.1. The third-order valence-electron chi connectivity index (χ3n) is 4.44. The summed E-state index contributed by atoms with van der Waals surface area (Å²) >= 11 is 6.32. The van der Waals surface area contributed by atoms with Crippen LogP contribution in [-0.4, -0.2) is 42.1 Å². The number of fused-ring (bicyclic) bond motifs is 1. The summed E-state index contributed by atoms with van der Waals surface area (Å²) in [6.07, 6.45) is 1.64. The Bertz CT molecular complexity index is 955. The molecule has 0 spiro atoms. The van der Waals surface area contributed by atoms with Crippen molar-refractivity contribution < 1.29 is 9.53 Å². The van der Waals surface area contributed by atoms with Crippen molar-refractivity contribution in [3.63, 3.8) is 0 Å². The van der Waals surface area contributed by atoms with Gasteiger partial charge in [0.2, 0.25) is 0 Å². The molecule has 0 radical (unpaired) electrons. The zero-order chi connectivity index (χ0) is 17.9. The number of hydrogen-bond acceptors (Lipinski definition) is 4. The van der Waals surface area contributed by atoms with Gasteiger partial charge in [0, 0.05) is 24.7 Å². The number of benzene rings is 2. The first-order valence-corrected chi connectivity index (χ1v) is 8.88. The lowest BCUT2D eigenvalue weighted by Crippen LogP contribution is -2.41. The standard InChI is InChI=1S/C20H18ClN3O2/c21-16-6-2-4-8-18(16)23-19-14-5-1-3-7-17(14)22-13-15(19)20(25)24-9-11-26-12-10-24/h1-8,13H,9-12H2,(H,22,23). The number of morpholine rings is 1. The Morgan fingerprint density at radius 2 is 1.81 bits per heavy atom. The molecule has 0 atom stereocenters. The predicted molar refractivity (Wildman–Crippen MR) is 103 cm³/mol. The van der Waals surface area contributed by atoms with Gasteiger partial charge in [-0.1, -0.05) is 41.9 Å². The lowest BCUT2D eigenvalue weighted by molar-refractivity contribution is 0.0303. The molecule has 0 bridgehead atoms. The number of halogens is 1. The molecule has 1 aliphatic rings. The molecule has 5 nitrogen and oxygen atoms in total. The third-order valence-corrected chi connectivity index (χ3v) is 4.77. The SMILES string of the molecule is O=C(c1cnc2ccccc2c1Nc1ccccc1Cl)N1CCOCC1. The average molecular weight is 368 g/mol. The lowest BCUT2D eigenvalue weighted by Gasteiger charge is -2.28. The number of rotatable bonds is 3. The fourth-order valence-electron chi connectivity index (χ4n) is 3.07. The van der Waals surface area contributed by atoms with Crippen molar-refractivity contribution in [1.29, 1.82) is 0 Å². The molecule has 26 heavy (non-hydrogen) atoms. The van der Waals surface area contributed by atoms with Gasteiger partial charge in [0.15, 0.2) is 0 Å². The van der Waals surface area contributed by atoms with Crippen molar-refractivity contribution in [2.24, 2.45) is 0 Å². The second-order valence-electron chi connectivity index (χ2n) is 6.07. The second kappa shape index (κ2) is 7.32. The molecular formula is C20H18ClN3O2. The topological polar surface area (TPSA) is 54.5 Å². The number of nitrogens with zero attached hydrogens (tertiary/aromatic N) is 2. The van der Waals surface area contributed by atoms with Crippen molar-refractivity contribution in [3.05, 3.63) is 65.3 Å². The van der Waals surface area contributed by atoms with Gasteiger partial charge < -0.3 is 15.0 Å². The van der Waals surface area contributed by atoms with E-state index in [2.05, 4.69) is 10.3 Å². The quantitative estimate of drug-likeness (QED) is 0.757. The highest BCUT2D eigenvalue weighted by Gasteiger charge is 2.23. The molecule has 1 aromatic heterocycles. The van der Waals surface area contributed by atoms with Crippen molar-refractivity contribution in [3.8, 4) is 0 Å². The van der Waals surface area contributed by atoms with Crippen LogP contribution < -0.4 is 5.32 Å². The number of anilines is 2. The van der Waals surface area contributed by atoms with E-state index in [4.69, 9.17) is 16.3 Å². The highest BCUT2D eigenvalue weighted by molar-refractivity contribution is 6.33. The van der Waals surface area contributed by atoms with Crippen LogP contribution in [0.1, 0.15) is 10.4 Å². The molecule has 0 unspecified atom stereocenters. The molecule has 1 N–H and O–H groups in total. The maximum Gasteiger partial charge on any atom is 0.257 e. The van der Waals surface area contributed by atoms with Gasteiger partial charge in [-0.15, -0.1) is 0 Å². The summed E-state index contributed by atoms with van der Waals surface area (Å²) in [7, 11) is 0. The molecule has 4 rings (SSSR count). The minimum atomic E-state index is -0.0545. The van der Waals surface area contributed by atoms with Gasteiger partial charge in [0.25, 0.3) is 5.91 Å². The van der Waals surface area contributed by atoms with E-state index in [1.807, 2.05) is 48.5 Å². The summed E-state index contributed by atoms with van der Waals surface area (Å²) in [6.45, 7) is 2.27. The van der Waals surface area contributed by atoms with Gasteiger partial charge in [-0.2, -0.15) is 0 Å². The molecule has 0 saturated carbocycles. The molecule has 1 amide bonds. The van der Waals surface area contributed by atoms with Gasteiger partial charge >= 0.3 is 0 Å². The zero-order valence-corrected chi connectivity index (χ0v) is 14.9. The first-order valence-electron chi connectivity index (χ1n) is 8.50. The van der Waals surface area contributed by atoms with E-state index < -0.39 is 0 Å². The highest BCUT2D eigenvalue weighted by Crippen LogP contribution is 2.32. The number of pyridine rings is 1. The highest BCUT2D eigenvalue weighted by atomic mass is 35.5. The van der Waals surface area contributed by atoms with Crippen LogP contribution in [0.5, 0.6) is 0 Å². The number of carbonyl (C=O) groups is 1. The molecule has 0 aliphatic carbocycles. The third kappa shape index (κ3) is 3.23. The number of hydrogen-bond donors (Lipinski definition) is 1.